The zero-order valence-electron chi connectivity index (χ0n) is 46.8. The molecule has 7 heterocycles. The minimum atomic E-state index is -0.505. The number of allylic oxidation sites excluding steroid dienone is 2. The molecule has 4 aliphatic heterocycles. The number of carbonyl (C=O) groups is 2. The number of phenolic OH excluding ortho intramolecular Hbond substituents is 1. The summed E-state index contributed by atoms with van der Waals surface area (Å²) in [6.45, 7) is 17.6. The van der Waals surface area contributed by atoms with Crippen LogP contribution in [0.25, 0.3) is 21.7 Å². The van der Waals surface area contributed by atoms with Crippen LogP contribution >= 0.6 is 11.3 Å². The molecular formula is C60H83FN12O5S. The van der Waals surface area contributed by atoms with E-state index in [1.54, 1.807) is 34.4 Å². The number of hydrogen-bond acceptors (Lipinski definition) is 15. The molecule has 3 aromatic heterocycles. The van der Waals surface area contributed by atoms with Crippen LogP contribution in [-0.2, 0) is 9.59 Å². The molecule has 1 aliphatic carbocycles. The summed E-state index contributed by atoms with van der Waals surface area (Å²) in [5, 5.41) is 31.8. The van der Waals surface area contributed by atoms with Crippen molar-refractivity contribution >= 4 is 40.2 Å². The maximum absolute atomic E-state index is 15.5. The molecule has 0 radical (unpaired) electrons. The first-order valence-corrected chi connectivity index (χ1v) is 29.6. The summed E-state index contributed by atoms with van der Waals surface area (Å²) >= 11 is 1.62. The van der Waals surface area contributed by atoms with Crippen molar-refractivity contribution in [1.29, 1.82) is 0 Å². The van der Waals surface area contributed by atoms with Gasteiger partial charge in [0.05, 0.1) is 46.0 Å². The summed E-state index contributed by atoms with van der Waals surface area (Å²) in [6, 6.07) is 16.8. The van der Waals surface area contributed by atoms with Crippen molar-refractivity contribution in [2.45, 2.75) is 141 Å². The molecule has 2 amide bonds. The molecule has 426 valence electrons. The maximum Gasteiger partial charge on any atom is 0.243 e. The molecule has 17 nitrogen and oxygen atoms in total. The number of aromatic hydroxyl groups is 1. The standard InChI is InChI=1S/C36H50N6O4S.C24H33FN6O/c1-23(2)33(31-20-32(39-46-31)41-18-11-26(12-19-41)21-40-16-13-29(43)14-17-40)36(45)42-15-5-6-30(42)35(44)38-24(3)27-7-9-28(10-8-27)34-25(4)37-22-47-34;1-15(16-9-11-30(12-10-16)17-5-4-6-17)31-23(25)20(14-29-31)19(24(27)28)13-21(26)18-7-2-3-8-22(18)32/h7-10,20,22-24,26,29-30,33,43H,5-6,11-19,21H2,1-4H3,(H,38,44);2-3,7-8,13-17,32H,4-6,9-12,26-28H2,1H3/b;21-13-. The number of nitrogens with zero attached hydrogens (tertiary/aromatic N) is 8. The molecule has 5 aliphatic rings. The van der Waals surface area contributed by atoms with Crippen molar-refractivity contribution in [2.24, 2.45) is 35.0 Å². The predicted molar refractivity (Wildman–Crippen MR) is 309 cm³/mol. The number of benzene rings is 2. The number of nitrogens with two attached hydrogens (primary N) is 3. The van der Waals surface area contributed by atoms with E-state index in [9.17, 15) is 19.8 Å². The van der Waals surface area contributed by atoms with Gasteiger partial charge in [-0.1, -0.05) is 61.8 Å². The third-order valence-electron chi connectivity index (χ3n) is 17.5. The number of anilines is 1. The molecule has 79 heavy (non-hydrogen) atoms. The first-order chi connectivity index (χ1) is 38.0. The van der Waals surface area contributed by atoms with Gasteiger partial charge in [-0.2, -0.15) is 9.49 Å². The second-order valence-corrected chi connectivity index (χ2v) is 23.9. The van der Waals surface area contributed by atoms with E-state index in [0.29, 0.717) is 36.1 Å². The van der Waals surface area contributed by atoms with Crippen molar-refractivity contribution in [3.8, 4) is 16.2 Å². The molecule has 2 aromatic carbocycles. The van der Waals surface area contributed by atoms with Gasteiger partial charge in [0.15, 0.2) is 11.6 Å². The predicted octanol–water partition coefficient (Wildman–Crippen LogP) is 8.53. The Labute approximate surface area is 469 Å². The van der Waals surface area contributed by atoms with Crippen LogP contribution in [0.4, 0.5) is 10.2 Å². The van der Waals surface area contributed by atoms with Crippen LogP contribution in [0.15, 0.2) is 82.7 Å². The normalized spacial score (nSPS) is 20.6. The summed E-state index contributed by atoms with van der Waals surface area (Å²) in [6.07, 6.45) is 14.2. The topological polar surface area (TPSA) is 234 Å². The van der Waals surface area contributed by atoms with Crippen molar-refractivity contribution in [1.82, 2.24) is 39.9 Å². The van der Waals surface area contributed by atoms with Gasteiger partial charge < -0.3 is 56.9 Å². The van der Waals surface area contributed by atoms with Crippen LogP contribution in [-0.4, -0.2) is 127 Å². The molecule has 4 unspecified atom stereocenters. The third kappa shape index (κ3) is 13.5. The fraction of sp³-hybridized carbons (Fsp3) is 0.550. The molecule has 0 spiro atoms. The van der Waals surface area contributed by atoms with Gasteiger partial charge in [-0.05, 0) is 145 Å². The Morgan fingerprint density at radius 3 is 2.22 bits per heavy atom. The lowest BCUT2D eigenvalue weighted by molar-refractivity contribution is -0.141. The zero-order valence-corrected chi connectivity index (χ0v) is 47.6. The fourth-order valence-corrected chi connectivity index (χ4v) is 13.1. The van der Waals surface area contributed by atoms with Crippen molar-refractivity contribution in [2.75, 3.05) is 57.3 Å². The Hall–Kier alpha value is -6.28. The fourth-order valence-electron chi connectivity index (χ4n) is 12.3. The molecule has 5 fully saturated rings. The second-order valence-electron chi connectivity index (χ2n) is 23.1. The van der Waals surface area contributed by atoms with Crippen molar-refractivity contribution in [3.05, 3.63) is 112 Å². The number of thiazole rings is 1. The average molecular weight is 1100 g/mol. The Balaban J connectivity index is 0.000000206. The summed E-state index contributed by atoms with van der Waals surface area (Å²) in [5.41, 5.74) is 24.0. The lowest BCUT2D eigenvalue weighted by atomic mass is 9.85. The Kier molecular flexibility index (Phi) is 18.8. The van der Waals surface area contributed by atoms with E-state index in [4.69, 9.17) is 21.7 Å². The van der Waals surface area contributed by atoms with Crippen molar-refractivity contribution < 1.29 is 28.7 Å². The molecule has 4 saturated heterocycles. The van der Waals surface area contributed by atoms with Gasteiger partial charge in [0.25, 0.3) is 0 Å². The van der Waals surface area contributed by atoms with E-state index in [1.165, 1.54) is 42.3 Å². The number of amides is 2. The smallest absolute Gasteiger partial charge is 0.243 e. The molecule has 19 heteroatoms. The number of rotatable bonds is 16. The number of piperidine rings is 3. The summed E-state index contributed by atoms with van der Waals surface area (Å²) in [5.74, 6) is 1.14. The Bertz CT molecular complexity index is 2890. The highest BCUT2D eigenvalue weighted by Gasteiger charge is 2.41. The van der Waals surface area contributed by atoms with Crippen LogP contribution in [0, 0.1) is 30.6 Å². The summed E-state index contributed by atoms with van der Waals surface area (Å²) in [7, 11) is 0. The van der Waals surface area contributed by atoms with Gasteiger partial charge in [0, 0.05) is 68.2 Å². The monoisotopic (exact) mass is 1100 g/mol. The summed E-state index contributed by atoms with van der Waals surface area (Å²) in [4.78, 5) is 42.3. The average Bonchev–Trinajstić information content (AvgIpc) is 4.32. The van der Waals surface area contributed by atoms with E-state index in [1.807, 2.05) is 46.2 Å². The lowest BCUT2D eigenvalue weighted by Crippen LogP contribution is -2.48. The quantitative estimate of drug-likeness (QED) is 0.0509. The minimum absolute atomic E-state index is 0.0129. The number of halogens is 1. The highest BCUT2D eigenvalue weighted by Crippen LogP contribution is 2.37. The first-order valence-electron chi connectivity index (χ1n) is 28.8. The molecular weight excluding hydrogens is 1020 g/mol. The van der Waals surface area contributed by atoms with E-state index >= 15 is 4.39 Å². The van der Waals surface area contributed by atoms with Crippen LogP contribution in [0.2, 0.25) is 0 Å². The van der Waals surface area contributed by atoms with Gasteiger partial charge >= 0.3 is 0 Å². The van der Waals surface area contributed by atoms with Gasteiger partial charge in [-0.15, -0.1) is 11.3 Å². The highest BCUT2D eigenvalue weighted by molar-refractivity contribution is 7.13. The van der Waals surface area contributed by atoms with E-state index in [0.717, 1.165) is 124 Å². The van der Waals surface area contributed by atoms with Gasteiger partial charge in [-0.25, -0.2) is 9.67 Å². The van der Waals surface area contributed by atoms with E-state index < -0.39 is 17.9 Å². The number of phenols is 1. The number of hydrogen-bond donors (Lipinski definition) is 6. The Morgan fingerprint density at radius 2 is 1.58 bits per heavy atom. The van der Waals surface area contributed by atoms with Crippen LogP contribution < -0.4 is 27.4 Å². The minimum Gasteiger partial charge on any atom is -0.507 e. The van der Waals surface area contributed by atoms with Crippen molar-refractivity contribution in [3.63, 3.8) is 0 Å². The first kappa shape index (κ1) is 57.4. The van der Waals surface area contributed by atoms with E-state index in [-0.39, 0.29) is 64.3 Å². The Morgan fingerprint density at radius 1 is 0.873 bits per heavy atom. The number of nitrogens with one attached hydrogen (secondary N) is 1. The van der Waals surface area contributed by atoms with Crippen LogP contribution in [0.5, 0.6) is 5.75 Å². The second kappa shape index (κ2) is 25.9. The molecule has 5 aromatic rings. The number of aliphatic hydroxyl groups is 1. The van der Waals surface area contributed by atoms with Crippen LogP contribution in [0.3, 0.4) is 0 Å². The van der Waals surface area contributed by atoms with Crippen LogP contribution in [0.1, 0.15) is 144 Å². The number of aliphatic hydroxyl groups excluding tert-OH is 1. The molecule has 4 atom stereocenters. The molecule has 1 saturated carbocycles. The number of para-hydroxylation sites is 1. The number of aromatic nitrogens is 4. The van der Waals surface area contributed by atoms with Gasteiger partial charge in [0.2, 0.25) is 17.8 Å². The third-order valence-corrected chi connectivity index (χ3v) is 18.4. The maximum atomic E-state index is 15.5. The lowest BCUT2D eigenvalue weighted by Gasteiger charge is -2.42. The summed E-state index contributed by atoms with van der Waals surface area (Å²) < 4.78 is 22.8. The number of aryl methyl sites for hydroxylation is 1. The van der Waals surface area contributed by atoms with Gasteiger partial charge in [-0.3, -0.25) is 9.59 Å². The SMILES string of the molecule is CC(C1CCN(C2CCC2)CC1)n1ncc(C(/C=C(\N)c2ccccc2O)=C(N)N)c1F.Cc1ncsc1-c1ccc(C(C)NC(=O)C2CCCN2C(=O)C(c2cc(N3CCC(CN4CCC(O)CC4)CC3)no2)C(C)C)cc1. The van der Waals surface area contributed by atoms with E-state index in [2.05, 4.69) is 59.5 Å². The molecule has 0 bridgehead atoms. The zero-order chi connectivity index (χ0) is 55.9. The number of likely N-dealkylation sites (tertiary alicyclic amines) is 3. The van der Waals surface area contributed by atoms with Gasteiger partial charge in [0.1, 0.15) is 23.5 Å². The molecule has 9 N–H and O–H groups in total. The largest absolute Gasteiger partial charge is 0.507 e. The number of carbonyl (C=O) groups excluding carboxylic acids is 2. The molecule has 10 rings (SSSR count). The highest BCUT2D eigenvalue weighted by atomic mass is 32.1.